The topological polar surface area (TPSA) is 42.2 Å². The second-order valence-corrected chi connectivity index (χ2v) is 5.81. The maximum atomic E-state index is 5.56. The molecule has 0 amide bonds. The fourth-order valence-corrected chi connectivity index (χ4v) is 3.11. The fraction of sp³-hybridized carbons (Fsp3) is 0.786. The van der Waals surface area contributed by atoms with Gasteiger partial charge < -0.3 is 10.6 Å². The molecule has 0 fully saturated rings. The first-order valence-corrected chi connectivity index (χ1v) is 7.95. The maximum absolute atomic E-state index is 5.56. The van der Waals surface area contributed by atoms with E-state index in [9.17, 15) is 0 Å². The van der Waals surface area contributed by atoms with E-state index in [1.54, 1.807) is 11.3 Å². The average molecular weight is 269 g/mol. The molecule has 1 rings (SSSR count). The number of hydrogen-bond acceptors (Lipinski definition) is 4. The smallest absolute Gasteiger partial charge is 0.0969 e. The number of hydrogen-bond donors (Lipinski definition) is 1. The molecule has 2 N–H and O–H groups in total. The highest BCUT2D eigenvalue weighted by molar-refractivity contribution is 7.09. The van der Waals surface area contributed by atoms with Crippen LogP contribution in [0.4, 0.5) is 0 Å². The maximum Gasteiger partial charge on any atom is 0.0969 e. The van der Waals surface area contributed by atoms with Gasteiger partial charge in [-0.2, -0.15) is 0 Å². The second-order valence-electron chi connectivity index (χ2n) is 4.92. The van der Waals surface area contributed by atoms with Crippen molar-refractivity contribution in [1.29, 1.82) is 0 Å². The highest BCUT2D eigenvalue weighted by Crippen LogP contribution is 2.21. The van der Waals surface area contributed by atoms with E-state index in [1.165, 1.54) is 30.9 Å². The van der Waals surface area contributed by atoms with Crippen LogP contribution in [0.5, 0.6) is 0 Å². The van der Waals surface area contributed by atoms with Crippen LogP contribution >= 0.6 is 11.3 Å². The Bertz CT molecular complexity index is 319. The third-order valence-corrected chi connectivity index (χ3v) is 4.13. The molecule has 0 spiro atoms. The van der Waals surface area contributed by atoms with Gasteiger partial charge in [0.25, 0.3) is 0 Å². The Morgan fingerprint density at radius 3 is 2.56 bits per heavy atom. The van der Waals surface area contributed by atoms with Crippen LogP contribution in [0.2, 0.25) is 0 Å². The van der Waals surface area contributed by atoms with Crippen molar-refractivity contribution in [3.05, 3.63) is 16.1 Å². The standard InChI is InChI=1S/C14H27N3S/c1-4-8-17(9-5-2)10-12(3)14-16-13(6-7-15)11-18-14/h11-12H,4-10,15H2,1-3H3. The summed E-state index contributed by atoms with van der Waals surface area (Å²) in [7, 11) is 0. The highest BCUT2D eigenvalue weighted by Gasteiger charge is 2.14. The monoisotopic (exact) mass is 269 g/mol. The predicted molar refractivity (Wildman–Crippen MR) is 80.3 cm³/mol. The molecule has 1 aromatic heterocycles. The van der Waals surface area contributed by atoms with Gasteiger partial charge in [0.05, 0.1) is 10.7 Å². The number of thiazole rings is 1. The summed E-state index contributed by atoms with van der Waals surface area (Å²) < 4.78 is 0. The molecular weight excluding hydrogens is 242 g/mol. The van der Waals surface area contributed by atoms with Crippen molar-refractivity contribution in [2.45, 2.75) is 46.0 Å². The van der Waals surface area contributed by atoms with Gasteiger partial charge in [0.2, 0.25) is 0 Å². The zero-order chi connectivity index (χ0) is 13.4. The van der Waals surface area contributed by atoms with Crippen molar-refractivity contribution < 1.29 is 0 Å². The Labute approximate surface area is 115 Å². The van der Waals surface area contributed by atoms with Gasteiger partial charge in [0.1, 0.15) is 0 Å². The molecule has 0 aromatic carbocycles. The molecule has 1 atom stereocenters. The molecular formula is C14H27N3S. The van der Waals surface area contributed by atoms with Crippen LogP contribution in [0, 0.1) is 0 Å². The Morgan fingerprint density at radius 1 is 1.33 bits per heavy atom. The van der Waals surface area contributed by atoms with Gasteiger partial charge in [-0.05, 0) is 32.5 Å². The average Bonchev–Trinajstić information content (AvgIpc) is 2.79. The molecule has 0 saturated carbocycles. The zero-order valence-corrected chi connectivity index (χ0v) is 12.8. The highest BCUT2D eigenvalue weighted by atomic mass is 32.1. The first-order chi connectivity index (χ1) is 8.71. The molecule has 1 unspecified atom stereocenters. The first-order valence-electron chi connectivity index (χ1n) is 7.07. The Morgan fingerprint density at radius 2 is 2.00 bits per heavy atom. The predicted octanol–water partition coefficient (Wildman–Crippen LogP) is 2.87. The van der Waals surface area contributed by atoms with Crippen LogP contribution in [0.15, 0.2) is 5.38 Å². The minimum atomic E-state index is 0.527. The van der Waals surface area contributed by atoms with Crippen molar-refractivity contribution in [3.63, 3.8) is 0 Å². The van der Waals surface area contributed by atoms with E-state index >= 15 is 0 Å². The van der Waals surface area contributed by atoms with Gasteiger partial charge in [0, 0.05) is 24.3 Å². The lowest BCUT2D eigenvalue weighted by molar-refractivity contribution is 0.261. The minimum Gasteiger partial charge on any atom is -0.330 e. The lowest BCUT2D eigenvalue weighted by atomic mass is 10.1. The molecule has 1 heterocycles. The molecule has 0 aliphatic heterocycles. The van der Waals surface area contributed by atoms with E-state index < -0.39 is 0 Å². The van der Waals surface area contributed by atoms with E-state index in [1.807, 2.05) is 0 Å². The van der Waals surface area contributed by atoms with Crippen molar-refractivity contribution in [2.75, 3.05) is 26.2 Å². The molecule has 0 saturated heterocycles. The van der Waals surface area contributed by atoms with Crippen molar-refractivity contribution in [2.24, 2.45) is 5.73 Å². The quantitative estimate of drug-likeness (QED) is 0.749. The van der Waals surface area contributed by atoms with Crippen LogP contribution in [-0.4, -0.2) is 36.1 Å². The van der Waals surface area contributed by atoms with Crippen molar-refractivity contribution >= 4 is 11.3 Å². The normalized spacial score (nSPS) is 13.2. The minimum absolute atomic E-state index is 0.527. The van der Waals surface area contributed by atoms with E-state index in [-0.39, 0.29) is 0 Å². The number of rotatable bonds is 9. The van der Waals surface area contributed by atoms with Crippen LogP contribution in [0.3, 0.4) is 0 Å². The Hall–Kier alpha value is -0.450. The Kier molecular flexibility index (Phi) is 7.47. The van der Waals surface area contributed by atoms with Crippen LogP contribution in [0.1, 0.15) is 50.2 Å². The molecule has 1 aromatic rings. The number of nitrogens with two attached hydrogens (primary N) is 1. The van der Waals surface area contributed by atoms with E-state index in [0.717, 1.165) is 18.7 Å². The van der Waals surface area contributed by atoms with Crippen molar-refractivity contribution in [3.8, 4) is 0 Å². The van der Waals surface area contributed by atoms with E-state index in [2.05, 4.69) is 36.0 Å². The summed E-state index contributed by atoms with van der Waals surface area (Å²) in [4.78, 5) is 7.24. The third-order valence-electron chi connectivity index (χ3n) is 3.00. The van der Waals surface area contributed by atoms with Gasteiger partial charge in [-0.1, -0.05) is 20.8 Å². The molecule has 0 aliphatic rings. The summed E-state index contributed by atoms with van der Waals surface area (Å²) in [5.74, 6) is 0.527. The summed E-state index contributed by atoms with van der Waals surface area (Å²) in [5.41, 5.74) is 6.72. The third kappa shape index (κ3) is 5.04. The van der Waals surface area contributed by atoms with Gasteiger partial charge in [-0.15, -0.1) is 11.3 Å². The summed E-state index contributed by atoms with van der Waals surface area (Å²) in [6.45, 7) is 11.0. The first kappa shape index (κ1) is 15.6. The van der Waals surface area contributed by atoms with Crippen LogP contribution in [0.25, 0.3) is 0 Å². The molecule has 18 heavy (non-hydrogen) atoms. The van der Waals surface area contributed by atoms with Crippen LogP contribution < -0.4 is 5.73 Å². The van der Waals surface area contributed by atoms with Gasteiger partial charge >= 0.3 is 0 Å². The molecule has 0 radical (unpaired) electrons. The summed E-state index contributed by atoms with van der Waals surface area (Å²) in [6.07, 6.45) is 3.35. The number of nitrogens with zero attached hydrogens (tertiary/aromatic N) is 2. The molecule has 4 heteroatoms. The van der Waals surface area contributed by atoms with Crippen LogP contribution in [-0.2, 0) is 6.42 Å². The SMILES string of the molecule is CCCN(CCC)CC(C)c1nc(CCN)cs1. The van der Waals surface area contributed by atoms with E-state index in [0.29, 0.717) is 12.5 Å². The molecule has 3 nitrogen and oxygen atoms in total. The summed E-state index contributed by atoms with van der Waals surface area (Å²) >= 11 is 1.78. The summed E-state index contributed by atoms with van der Waals surface area (Å²) in [6, 6.07) is 0. The largest absolute Gasteiger partial charge is 0.330 e. The number of aromatic nitrogens is 1. The lowest BCUT2D eigenvalue weighted by Gasteiger charge is -2.23. The van der Waals surface area contributed by atoms with Crippen molar-refractivity contribution in [1.82, 2.24) is 9.88 Å². The lowest BCUT2D eigenvalue weighted by Crippen LogP contribution is -2.29. The molecule has 0 aliphatic carbocycles. The molecule has 0 bridgehead atoms. The summed E-state index contributed by atoms with van der Waals surface area (Å²) in [5, 5.41) is 3.42. The second kappa shape index (κ2) is 8.62. The van der Waals surface area contributed by atoms with Gasteiger partial charge in [-0.25, -0.2) is 4.98 Å². The van der Waals surface area contributed by atoms with Gasteiger partial charge in [-0.3, -0.25) is 0 Å². The van der Waals surface area contributed by atoms with Gasteiger partial charge in [0.15, 0.2) is 0 Å². The zero-order valence-electron chi connectivity index (χ0n) is 12.0. The van der Waals surface area contributed by atoms with E-state index in [4.69, 9.17) is 5.73 Å². The fourth-order valence-electron chi connectivity index (χ4n) is 2.20. The molecule has 104 valence electrons. The Balaban J connectivity index is 2.52.